The molecule has 108 valence electrons. The van der Waals surface area contributed by atoms with Crippen LogP contribution in [0.3, 0.4) is 0 Å². The van der Waals surface area contributed by atoms with Gasteiger partial charge in [-0.05, 0) is 29.8 Å². The van der Waals surface area contributed by atoms with E-state index in [1.807, 2.05) is 24.4 Å². The van der Waals surface area contributed by atoms with E-state index in [1.165, 1.54) is 0 Å². The Morgan fingerprint density at radius 3 is 2.48 bits per heavy atom. The van der Waals surface area contributed by atoms with Crippen molar-refractivity contribution in [3.63, 3.8) is 0 Å². The molecule has 1 aromatic carbocycles. The molecule has 3 aromatic rings. The van der Waals surface area contributed by atoms with Gasteiger partial charge in [0.25, 0.3) is 0 Å². The maximum atomic E-state index is 10.7. The summed E-state index contributed by atoms with van der Waals surface area (Å²) in [5.41, 5.74) is 2.31. The summed E-state index contributed by atoms with van der Waals surface area (Å²) in [6, 6.07) is 11.1. The Balaban J connectivity index is 2.07. The molecule has 2 aromatic heterocycles. The van der Waals surface area contributed by atoms with E-state index in [-0.39, 0.29) is 0 Å². The highest BCUT2D eigenvalue weighted by atomic mass is 16.5. The minimum atomic E-state index is -0.797. The Bertz CT molecular complexity index is 745. The standard InChI is InChI=1S/C16H16N2O3/c1-20-12-7-11(8-13(9-12)21-2)16(19)14-10-17-18-6-4-3-5-15(14)18/h3-10,16,19H,1-2H3. The average molecular weight is 284 g/mol. The molecule has 0 radical (unpaired) electrons. The molecule has 5 nitrogen and oxygen atoms in total. The lowest BCUT2D eigenvalue weighted by Crippen LogP contribution is -2.01. The topological polar surface area (TPSA) is 56.0 Å². The predicted octanol–water partition coefficient (Wildman–Crippen LogP) is 2.43. The third-order valence-corrected chi connectivity index (χ3v) is 3.44. The van der Waals surface area contributed by atoms with E-state index in [0.717, 1.165) is 11.1 Å². The number of benzene rings is 1. The normalized spacial score (nSPS) is 12.3. The number of nitrogens with zero attached hydrogens (tertiary/aromatic N) is 2. The van der Waals surface area contributed by atoms with E-state index in [4.69, 9.17) is 9.47 Å². The summed E-state index contributed by atoms with van der Waals surface area (Å²) in [6.07, 6.45) is 2.72. The number of ether oxygens (including phenoxy) is 2. The van der Waals surface area contributed by atoms with E-state index in [1.54, 1.807) is 43.1 Å². The van der Waals surface area contributed by atoms with Gasteiger partial charge in [-0.3, -0.25) is 0 Å². The largest absolute Gasteiger partial charge is 0.497 e. The van der Waals surface area contributed by atoms with Gasteiger partial charge in [0.05, 0.1) is 25.9 Å². The smallest absolute Gasteiger partial charge is 0.122 e. The van der Waals surface area contributed by atoms with Crippen LogP contribution in [0.25, 0.3) is 5.52 Å². The molecule has 0 saturated carbocycles. The number of rotatable bonds is 4. The first-order valence-electron chi connectivity index (χ1n) is 6.56. The summed E-state index contributed by atoms with van der Waals surface area (Å²) in [4.78, 5) is 0. The van der Waals surface area contributed by atoms with Gasteiger partial charge in [-0.1, -0.05) is 6.07 Å². The van der Waals surface area contributed by atoms with Crippen molar-refractivity contribution in [3.05, 3.63) is 59.9 Å². The van der Waals surface area contributed by atoms with Crippen molar-refractivity contribution in [3.8, 4) is 11.5 Å². The molecule has 3 rings (SSSR count). The molecule has 0 aliphatic heterocycles. The molecule has 1 unspecified atom stereocenters. The Hall–Kier alpha value is -2.53. The van der Waals surface area contributed by atoms with Gasteiger partial charge in [0, 0.05) is 17.8 Å². The Morgan fingerprint density at radius 1 is 1.10 bits per heavy atom. The van der Waals surface area contributed by atoms with Crippen molar-refractivity contribution in [2.24, 2.45) is 0 Å². The van der Waals surface area contributed by atoms with Crippen LogP contribution >= 0.6 is 0 Å². The third kappa shape index (κ3) is 2.43. The third-order valence-electron chi connectivity index (χ3n) is 3.44. The molecule has 0 saturated heterocycles. The second-order valence-corrected chi connectivity index (χ2v) is 4.68. The first-order valence-corrected chi connectivity index (χ1v) is 6.56. The minimum Gasteiger partial charge on any atom is -0.497 e. The van der Waals surface area contributed by atoms with Crippen molar-refractivity contribution >= 4 is 5.52 Å². The molecule has 0 spiro atoms. The van der Waals surface area contributed by atoms with Crippen LogP contribution in [-0.2, 0) is 0 Å². The molecule has 5 heteroatoms. The number of hydrogen-bond acceptors (Lipinski definition) is 4. The second-order valence-electron chi connectivity index (χ2n) is 4.68. The zero-order valence-electron chi connectivity index (χ0n) is 11.9. The lowest BCUT2D eigenvalue weighted by Gasteiger charge is -2.13. The SMILES string of the molecule is COc1cc(OC)cc(C(O)c2cnn3ccccc23)c1. The number of aliphatic hydroxyl groups excluding tert-OH is 1. The molecule has 0 fully saturated rings. The van der Waals surface area contributed by atoms with E-state index in [9.17, 15) is 5.11 Å². The van der Waals surface area contributed by atoms with Crippen molar-refractivity contribution < 1.29 is 14.6 Å². The van der Waals surface area contributed by atoms with Crippen molar-refractivity contribution in [1.82, 2.24) is 9.61 Å². The number of aliphatic hydroxyl groups is 1. The highest BCUT2D eigenvalue weighted by molar-refractivity contribution is 5.57. The summed E-state index contributed by atoms with van der Waals surface area (Å²) >= 11 is 0. The Morgan fingerprint density at radius 2 is 1.81 bits per heavy atom. The summed E-state index contributed by atoms with van der Waals surface area (Å²) in [6.45, 7) is 0. The molecule has 21 heavy (non-hydrogen) atoms. The zero-order chi connectivity index (χ0) is 14.8. The molecule has 0 aliphatic carbocycles. The van der Waals surface area contributed by atoms with Gasteiger partial charge in [-0.2, -0.15) is 5.10 Å². The number of fused-ring (bicyclic) bond motifs is 1. The summed E-state index contributed by atoms with van der Waals surface area (Å²) < 4.78 is 12.2. The van der Waals surface area contributed by atoms with Gasteiger partial charge in [0.1, 0.15) is 17.6 Å². The van der Waals surface area contributed by atoms with E-state index in [2.05, 4.69) is 5.10 Å². The molecular formula is C16H16N2O3. The fourth-order valence-electron chi connectivity index (χ4n) is 2.33. The first kappa shape index (κ1) is 13.5. The van der Waals surface area contributed by atoms with Gasteiger partial charge in [-0.25, -0.2) is 4.52 Å². The van der Waals surface area contributed by atoms with Crippen LogP contribution in [0.2, 0.25) is 0 Å². The molecule has 1 atom stereocenters. The molecule has 0 bridgehead atoms. The van der Waals surface area contributed by atoms with E-state index >= 15 is 0 Å². The van der Waals surface area contributed by atoms with Gasteiger partial charge >= 0.3 is 0 Å². The highest BCUT2D eigenvalue weighted by Gasteiger charge is 2.17. The Kier molecular flexibility index (Phi) is 3.50. The molecule has 0 aliphatic rings. The zero-order valence-corrected chi connectivity index (χ0v) is 11.9. The average Bonchev–Trinajstić information content (AvgIpc) is 2.97. The van der Waals surface area contributed by atoms with Crippen molar-refractivity contribution in [2.75, 3.05) is 14.2 Å². The minimum absolute atomic E-state index is 0.639. The van der Waals surface area contributed by atoms with Crippen LogP contribution in [0.4, 0.5) is 0 Å². The fraction of sp³-hybridized carbons (Fsp3) is 0.188. The van der Waals surface area contributed by atoms with Gasteiger partial charge in [0.2, 0.25) is 0 Å². The maximum absolute atomic E-state index is 10.7. The number of hydrogen-bond donors (Lipinski definition) is 1. The van der Waals surface area contributed by atoms with Gasteiger partial charge in [-0.15, -0.1) is 0 Å². The molecular weight excluding hydrogens is 268 g/mol. The number of pyridine rings is 1. The molecule has 0 amide bonds. The van der Waals surface area contributed by atoms with Gasteiger partial charge in [0.15, 0.2) is 0 Å². The summed E-state index contributed by atoms with van der Waals surface area (Å²) in [7, 11) is 3.17. The van der Waals surface area contributed by atoms with E-state index in [0.29, 0.717) is 17.1 Å². The van der Waals surface area contributed by atoms with Crippen LogP contribution in [0, 0.1) is 0 Å². The summed E-state index contributed by atoms with van der Waals surface area (Å²) in [5.74, 6) is 1.28. The monoisotopic (exact) mass is 284 g/mol. The second kappa shape index (κ2) is 5.46. The van der Waals surface area contributed by atoms with Crippen LogP contribution in [-0.4, -0.2) is 28.9 Å². The van der Waals surface area contributed by atoms with Crippen molar-refractivity contribution in [1.29, 1.82) is 0 Å². The fourth-order valence-corrected chi connectivity index (χ4v) is 2.33. The highest BCUT2D eigenvalue weighted by Crippen LogP contribution is 2.31. The first-order chi connectivity index (χ1) is 10.2. The van der Waals surface area contributed by atoms with Crippen LogP contribution in [0.15, 0.2) is 48.8 Å². The lowest BCUT2D eigenvalue weighted by atomic mass is 10.0. The van der Waals surface area contributed by atoms with E-state index < -0.39 is 6.10 Å². The quantitative estimate of drug-likeness (QED) is 0.799. The lowest BCUT2D eigenvalue weighted by molar-refractivity contribution is 0.220. The van der Waals surface area contributed by atoms with Crippen molar-refractivity contribution in [2.45, 2.75) is 6.10 Å². The maximum Gasteiger partial charge on any atom is 0.122 e. The molecule has 1 N–H and O–H groups in total. The van der Waals surface area contributed by atoms with Gasteiger partial charge < -0.3 is 14.6 Å². The van der Waals surface area contributed by atoms with Crippen LogP contribution in [0.1, 0.15) is 17.2 Å². The predicted molar refractivity (Wildman–Crippen MR) is 78.8 cm³/mol. The Labute approximate surface area is 122 Å². The molecule has 2 heterocycles. The number of methoxy groups -OCH3 is 2. The number of aromatic nitrogens is 2. The van der Waals surface area contributed by atoms with Crippen LogP contribution in [0.5, 0.6) is 11.5 Å². The summed E-state index contributed by atoms with van der Waals surface area (Å²) in [5, 5.41) is 14.9. The van der Waals surface area contributed by atoms with Crippen LogP contribution < -0.4 is 9.47 Å².